The van der Waals surface area contributed by atoms with Gasteiger partial charge in [-0.1, -0.05) is 0 Å². The SMILES string of the molecule is C#CC1CN(C2CCN(C(=O)OC(C)(C)C)CC2)C1. The standard InChI is InChI=1S/C15H24N2O2/c1-5-12-10-17(11-12)13-6-8-16(9-7-13)14(18)19-15(2,3)4/h1,12-13H,6-11H2,2-4H3. The molecule has 2 saturated heterocycles. The van der Waals surface area contributed by atoms with Crippen molar-refractivity contribution in [2.75, 3.05) is 26.2 Å². The van der Waals surface area contributed by atoms with Crippen LogP contribution in [0.25, 0.3) is 0 Å². The Kier molecular flexibility index (Phi) is 4.05. The maximum atomic E-state index is 11.9. The van der Waals surface area contributed by atoms with Gasteiger partial charge in [0.05, 0.1) is 0 Å². The van der Waals surface area contributed by atoms with Crippen molar-refractivity contribution in [3.05, 3.63) is 0 Å². The molecule has 4 nitrogen and oxygen atoms in total. The Morgan fingerprint density at radius 1 is 1.26 bits per heavy atom. The molecule has 2 fully saturated rings. The second kappa shape index (κ2) is 5.42. The van der Waals surface area contributed by atoms with Crippen LogP contribution in [0.3, 0.4) is 0 Å². The van der Waals surface area contributed by atoms with Crippen LogP contribution in [0.2, 0.25) is 0 Å². The lowest BCUT2D eigenvalue weighted by Gasteiger charge is -2.45. The summed E-state index contributed by atoms with van der Waals surface area (Å²) in [5.74, 6) is 3.23. The number of rotatable bonds is 1. The van der Waals surface area contributed by atoms with E-state index in [1.807, 2.05) is 25.7 Å². The molecule has 0 bridgehead atoms. The second-order valence-corrected chi connectivity index (χ2v) is 6.52. The molecule has 0 aromatic rings. The lowest BCUT2D eigenvalue weighted by molar-refractivity contribution is 0.00413. The van der Waals surface area contributed by atoms with Gasteiger partial charge in [-0.05, 0) is 33.6 Å². The largest absolute Gasteiger partial charge is 0.444 e. The molecule has 0 aliphatic carbocycles. The summed E-state index contributed by atoms with van der Waals surface area (Å²) in [6.45, 7) is 9.32. The van der Waals surface area contributed by atoms with Gasteiger partial charge in [-0.2, -0.15) is 0 Å². The van der Waals surface area contributed by atoms with Gasteiger partial charge < -0.3 is 9.64 Å². The Labute approximate surface area is 116 Å². The minimum atomic E-state index is -0.411. The minimum Gasteiger partial charge on any atom is -0.444 e. The Balaban J connectivity index is 1.74. The molecule has 106 valence electrons. The lowest BCUT2D eigenvalue weighted by atomic mass is 9.94. The van der Waals surface area contributed by atoms with Gasteiger partial charge in [-0.3, -0.25) is 4.90 Å². The predicted molar refractivity (Wildman–Crippen MR) is 74.7 cm³/mol. The summed E-state index contributed by atoms with van der Waals surface area (Å²) < 4.78 is 5.39. The van der Waals surface area contributed by atoms with E-state index in [9.17, 15) is 4.79 Å². The fourth-order valence-electron chi connectivity index (χ4n) is 2.66. The Morgan fingerprint density at radius 2 is 1.84 bits per heavy atom. The number of amides is 1. The van der Waals surface area contributed by atoms with E-state index in [2.05, 4.69) is 10.8 Å². The topological polar surface area (TPSA) is 32.8 Å². The molecule has 0 saturated carbocycles. The summed E-state index contributed by atoms with van der Waals surface area (Å²) in [5.41, 5.74) is -0.411. The van der Waals surface area contributed by atoms with Crippen molar-refractivity contribution < 1.29 is 9.53 Å². The number of terminal acetylenes is 1. The molecule has 0 spiro atoms. The Hall–Kier alpha value is -1.21. The Morgan fingerprint density at radius 3 is 2.32 bits per heavy atom. The molecule has 0 N–H and O–H groups in total. The van der Waals surface area contributed by atoms with Crippen LogP contribution in [0.1, 0.15) is 33.6 Å². The lowest BCUT2D eigenvalue weighted by Crippen LogP contribution is -2.55. The third-order valence-corrected chi connectivity index (χ3v) is 3.78. The molecule has 0 atom stereocenters. The van der Waals surface area contributed by atoms with Gasteiger partial charge in [-0.15, -0.1) is 12.3 Å². The highest BCUT2D eigenvalue weighted by atomic mass is 16.6. The summed E-state index contributed by atoms with van der Waals surface area (Å²) in [7, 11) is 0. The van der Waals surface area contributed by atoms with Crippen LogP contribution in [0.15, 0.2) is 0 Å². The zero-order valence-corrected chi connectivity index (χ0v) is 12.2. The van der Waals surface area contributed by atoms with Crippen molar-refractivity contribution in [1.29, 1.82) is 0 Å². The molecule has 2 aliphatic rings. The van der Waals surface area contributed by atoms with E-state index in [4.69, 9.17) is 11.2 Å². The molecule has 1 amide bonds. The van der Waals surface area contributed by atoms with E-state index in [1.165, 1.54) is 0 Å². The van der Waals surface area contributed by atoms with E-state index >= 15 is 0 Å². The Bertz CT molecular complexity index is 367. The number of piperidine rings is 1. The molecule has 2 heterocycles. The van der Waals surface area contributed by atoms with Gasteiger partial charge in [0.1, 0.15) is 5.60 Å². The second-order valence-electron chi connectivity index (χ2n) is 6.52. The van der Waals surface area contributed by atoms with Gasteiger partial charge in [0.25, 0.3) is 0 Å². The monoisotopic (exact) mass is 264 g/mol. The van der Waals surface area contributed by atoms with Crippen LogP contribution in [0.5, 0.6) is 0 Å². The first-order chi connectivity index (χ1) is 8.89. The number of nitrogens with zero attached hydrogens (tertiary/aromatic N) is 2. The third kappa shape index (κ3) is 3.63. The summed E-state index contributed by atoms with van der Waals surface area (Å²) in [6, 6.07) is 0.586. The number of likely N-dealkylation sites (tertiary alicyclic amines) is 2. The molecule has 0 aromatic carbocycles. The first-order valence-electron chi connectivity index (χ1n) is 7.07. The van der Waals surface area contributed by atoms with Gasteiger partial charge in [0.15, 0.2) is 0 Å². The molecule has 0 radical (unpaired) electrons. The fourth-order valence-corrected chi connectivity index (χ4v) is 2.66. The van der Waals surface area contributed by atoms with E-state index < -0.39 is 5.60 Å². The predicted octanol–water partition coefficient (Wildman–Crippen LogP) is 1.95. The van der Waals surface area contributed by atoms with E-state index in [1.54, 1.807) is 0 Å². The number of hydrogen-bond donors (Lipinski definition) is 0. The van der Waals surface area contributed by atoms with Gasteiger partial charge in [0.2, 0.25) is 0 Å². The fraction of sp³-hybridized carbons (Fsp3) is 0.800. The van der Waals surface area contributed by atoms with Crippen molar-refractivity contribution in [3.8, 4) is 12.3 Å². The first-order valence-corrected chi connectivity index (χ1v) is 7.07. The minimum absolute atomic E-state index is 0.184. The molecular formula is C15H24N2O2. The average Bonchev–Trinajstić information content (AvgIpc) is 2.26. The van der Waals surface area contributed by atoms with Crippen LogP contribution in [-0.4, -0.2) is 53.7 Å². The number of ether oxygens (including phenoxy) is 1. The molecular weight excluding hydrogens is 240 g/mol. The van der Waals surface area contributed by atoms with Crippen molar-refractivity contribution in [2.45, 2.75) is 45.3 Å². The summed E-state index contributed by atoms with van der Waals surface area (Å²) in [6.07, 6.45) is 7.26. The number of carbonyl (C=O) groups excluding carboxylic acids is 1. The van der Waals surface area contributed by atoms with Crippen LogP contribution >= 0.6 is 0 Å². The van der Waals surface area contributed by atoms with Crippen molar-refractivity contribution in [2.24, 2.45) is 5.92 Å². The van der Waals surface area contributed by atoms with Gasteiger partial charge >= 0.3 is 6.09 Å². The van der Waals surface area contributed by atoms with Crippen molar-refractivity contribution >= 4 is 6.09 Å². The number of carbonyl (C=O) groups is 1. The van der Waals surface area contributed by atoms with Gasteiger partial charge in [-0.25, -0.2) is 4.79 Å². The highest BCUT2D eigenvalue weighted by Gasteiger charge is 2.34. The molecule has 19 heavy (non-hydrogen) atoms. The molecule has 4 heteroatoms. The molecule has 2 rings (SSSR count). The maximum absolute atomic E-state index is 11.9. The van der Waals surface area contributed by atoms with Crippen LogP contribution < -0.4 is 0 Å². The van der Waals surface area contributed by atoms with Crippen LogP contribution in [0.4, 0.5) is 4.79 Å². The zero-order chi connectivity index (χ0) is 14.0. The highest BCUT2D eigenvalue weighted by Crippen LogP contribution is 2.25. The average molecular weight is 264 g/mol. The highest BCUT2D eigenvalue weighted by molar-refractivity contribution is 5.68. The van der Waals surface area contributed by atoms with Crippen LogP contribution in [-0.2, 0) is 4.74 Å². The normalized spacial score (nSPS) is 22.7. The quantitative estimate of drug-likeness (QED) is 0.679. The summed E-state index contributed by atoms with van der Waals surface area (Å²) in [4.78, 5) is 16.2. The molecule has 0 aromatic heterocycles. The molecule has 0 unspecified atom stereocenters. The van der Waals surface area contributed by atoms with E-state index in [0.717, 1.165) is 39.0 Å². The van der Waals surface area contributed by atoms with E-state index in [0.29, 0.717) is 12.0 Å². The summed E-state index contributed by atoms with van der Waals surface area (Å²) >= 11 is 0. The van der Waals surface area contributed by atoms with Gasteiger partial charge in [0, 0.05) is 38.1 Å². The summed E-state index contributed by atoms with van der Waals surface area (Å²) in [5, 5.41) is 0. The first kappa shape index (κ1) is 14.2. The maximum Gasteiger partial charge on any atom is 0.410 e. The third-order valence-electron chi connectivity index (χ3n) is 3.78. The zero-order valence-electron chi connectivity index (χ0n) is 12.2. The smallest absolute Gasteiger partial charge is 0.410 e. The van der Waals surface area contributed by atoms with Crippen molar-refractivity contribution in [1.82, 2.24) is 9.80 Å². The number of hydrogen-bond acceptors (Lipinski definition) is 3. The van der Waals surface area contributed by atoms with Crippen molar-refractivity contribution in [3.63, 3.8) is 0 Å². The van der Waals surface area contributed by atoms with Crippen LogP contribution in [0, 0.1) is 18.3 Å². The molecule has 2 aliphatic heterocycles. The van der Waals surface area contributed by atoms with E-state index in [-0.39, 0.29) is 6.09 Å².